The smallest absolute Gasteiger partial charge is 0.132 e. The van der Waals surface area contributed by atoms with Crippen molar-refractivity contribution in [1.82, 2.24) is 0 Å². The molecule has 0 fully saturated rings. The summed E-state index contributed by atoms with van der Waals surface area (Å²) in [6.07, 6.45) is -1.16. The van der Waals surface area contributed by atoms with E-state index in [4.69, 9.17) is 0 Å². The lowest BCUT2D eigenvalue weighted by Gasteiger charge is -2.15. The van der Waals surface area contributed by atoms with Crippen LogP contribution in [0.15, 0.2) is 39.3 Å². The number of halogens is 4. The summed E-state index contributed by atoms with van der Waals surface area (Å²) in [4.78, 5) is 0. The van der Waals surface area contributed by atoms with Gasteiger partial charge in [0.1, 0.15) is 17.7 Å². The van der Waals surface area contributed by atoms with Gasteiger partial charge in [0.15, 0.2) is 0 Å². The first kappa shape index (κ1) is 14.6. The molecule has 0 amide bonds. The average molecular weight is 392 g/mol. The molecule has 1 unspecified atom stereocenters. The molecule has 2 aromatic carbocycles. The highest BCUT2D eigenvalue weighted by Gasteiger charge is 2.19. The zero-order valence-electron chi connectivity index (χ0n) is 9.92. The Labute approximate surface area is 126 Å². The fraction of sp³-hybridized carbons (Fsp3) is 0.143. The number of hydrogen-bond acceptors (Lipinski definition) is 1. The standard InChI is InChI=1S/C14H10Br2F2O/c1-7-4-12(16)10(6-11(7)15)14(19)9-3-2-8(17)5-13(9)18/h2-6,14,19H,1H3. The Morgan fingerprint density at radius 3 is 2.32 bits per heavy atom. The fourth-order valence-electron chi connectivity index (χ4n) is 1.76. The van der Waals surface area contributed by atoms with Crippen LogP contribution in [0.25, 0.3) is 0 Å². The van der Waals surface area contributed by atoms with E-state index in [1.807, 2.05) is 13.0 Å². The third-order valence-corrected chi connectivity index (χ3v) is 4.37. The monoisotopic (exact) mass is 390 g/mol. The zero-order valence-corrected chi connectivity index (χ0v) is 13.1. The van der Waals surface area contributed by atoms with E-state index in [2.05, 4.69) is 31.9 Å². The van der Waals surface area contributed by atoms with Gasteiger partial charge in [-0.3, -0.25) is 0 Å². The molecule has 0 aromatic heterocycles. The van der Waals surface area contributed by atoms with Crippen molar-refractivity contribution in [1.29, 1.82) is 0 Å². The molecule has 0 aliphatic carbocycles. The molecule has 0 heterocycles. The van der Waals surface area contributed by atoms with E-state index in [-0.39, 0.29) is 5.56 Å². The summed E-state index contributed by atoms with van der Waals surface area (Å²) in [5.74, 6) is -1.44. The average Bonchev–Trinajstić information content (AvgIpc) is 2.33. The second-order valence-electron chi connectivity index (χ2n) is 4.19. The first-order valence-corrected chi connectivity index (χ1v) is 7.07. The maximum atomic E-state index is 13.7. The van der Waals surface area contributed by atoms with Gasteiger partial charge in [0.2, 0.25) is 0 Å². The highest BCUT2D eigenvalue weighted by molar-refractivity contribution is 9.11. The van der Waals surface area contributed by atoms with Crippen LogP contribution in [-0.2, 0) is 0 Å². The maximum Gasteiger partial charge on any atom is 0.132 e. The number of aryl methyl sites for hydroxylation is 1. The Hall–Kier alpha value is -0.780. The van der Waals surface area contributed by atoms with E-state index in [0.717, 1.165) is 22.2 Å². The van der Waals surface area contributed by atoms with E-state index in [9.17, 15) is 13.9 Å². The molecule has 100 valence electrons. The van der Waals surface area contributed by atoms with Crippen LogP contribution in [0, 0.1) is 18.6 Å². The zero-order chi connectivity index (χ0) is 14.2. The molecule has 2 rings (SSSR count). The van der Waals surface area contributed by atoms with Crippen molar-refractivity contribution in [2.24, 2.45) is 0 Å². The second-order valence-corrected chi connectivity index (χ2v) is 5.90. The van der Waals surface area contributed by atoms with Crippen LogP contribution in [0.5, 0.6) is 0 Å². The van der Waals surface area contributed by atoms with Crippen LogP contribution in [0.3, 0.4) is 0 Å². The van der Waals surface area contributed by atoms with Gasteiger partial charge in [-0.15, -0.1) is 0 Å². The van der Waals surface area contributed by atoms with E-state index < -0.39 is 17.7 Å². The molecule has 0 spiro atoms. The Morgan fingerprint density at radius 2 is 1.68 bits per heavy atom. The van der Waals surface area contributed by atoms with Crippen LogP contribution >= 0.6 is 31.9 Å². The van der Waals surface area contributed by atoms with Crippen LogP contribution in [0.2, 0.25) is 0 Å². The lowest BCUT2D eigenvalue weighted by molar-refractivity contribution is 0.214. The van der Waals surface area contributed by atoms with Crippen molar-refractivity contribution in [2.75, 3.05) is 0 Å². The molecule has 1 N–H and O–H groups in total. The van der Waals surface area contributed by atoms with Gasteiger partial charge < -0.3 is 5.11 Å². The van der Waals surface area contributed by atoms with E-state index >= 15 is 0 Å². The van der Waals surface area contributed by atoms with Gasteiger partial charge in [0.05, 0.1) is 0 Å². The minimum atomic E-state index is -1.16. The van der Waals surface area contributed by atoms with Gasteiger partial charge >= 0.3 is 0 Å². The molecule has 0 saturated carbocycles. The molecule has 0 aliphatic rings. The molecule has 0 radical (unpaired) electrons. The van der Waals surface area contributed by atoms with E-state index in [0.29, 0.717) is 10.0 Å². The van der Waals surface area contributed by atoms with Crippen molar-refractivity contribution in [2.45, 2.75) is 13.0 Å². The molecule has 1 atom stereocenters. The summed E-state index contributed by atoms with van der Waals surface area (Å²) in [5, 5.41) is 10.2. The largest absolute Gasteiger partial charge is 0.384 e. The Morgan fingerprint density at radius 1 is 1.00 bits per heavy atom. The molecule has 0 aliphatic heterocycles. The van der Waals surface area contributed by atoms with E-state index in [1.54, 1.807) is 6.07 Å². The number of aliphatic hydroxyl groups excluding tert-OH is 1. The molecular weight excluding hydrogens is 382 g/mol. The molecule has 1 nitrogen and oxygen atoms in total. The van der Waals surface area contributed by atoms with Gasteiger partial charge in [-0.1, -0.05) is 37.9 Å². The highest BCUT2D eigenvalue weighted by Crippen LogP contribution is 2.33. The second kappa shape index (κ2) is 5.69. The van der Waals surface area contributed by atoms with Crippen LogP contribution in [-0.4, -0.2) is 5.11 Å². The van der Waals surface area contributed by atoms with Crippen molar-refractivity contribution in [3.63, 3.8) is 0 Å². The van der Waals surface area contributed by atoms with Crippen molar-refractivity contribution in [3.8, 4) is 0 Å². The van der Waals surface area contributed by atoms with Gasteiger partial charge in [-0.05, 0) is 30.7 Å². The summed E-state index contributed by atoms with van der Waals surface area (Å²) >= 11 is 6.71. The summed E-state index contributed by atoms with van der Waals surface area (Å²) in [5.41, 5.74) is 1.54. The van der Waals surface area contributed by atoms with Crippen LogP contribution in [0.4, 0.5) is 8.78 Å². The van der Waals surface area contributed by atoms with Crippen molar-refractivity contribution < 1.29 is 13.9 Å². The molecule has 0 saturated heterocycles. The predicted molar refractivity (Wildman–Crippen MR) is 77.0 cm³/mol. The Kier molecular flexibility index (Phi) is 4.38. The molecule has 0 bridgehead atoms. The summed E-state index contributed by atoms with van der Waals surface area (Å²) < 4.78 is 28.0. The fourth-order valence-corrected chi connectivity index (χ4v) is 2.80. The Bertz CT molecular complexity index is 629. The van der Waals surface area contributed by atoms with E-state index in [1.165, 1.54) is 6.07 Å². The third kappa shape index (κ3) is 3.04. The minimum Gasteiger partial charge on any atom is -0.384 e. The van der Waals surface area contributed by atoms with Crippen molar-refractivity contribution in [3.05, 3.63) is 67.6 Å². The number of aliphatic hydroxyl groups is 1. The van der Waals surface area contributed by atoms with Crippen LogP contribution in [0.1, 0.15) is 22.8 Å². The first-order valence-electron chi connectivity index (χ1n) is 5.48. The van der Waals surface area contributed by atoms with Gasteiger partial charge in [-0.2, -0.15) is 0 Å². The molecular formula is C14H10Br2F2O. The minimum absolute atomic E-state index is 0.0397. The lowest BCUT2D eigenvalue weighted by Crippen LogP contribution is -2.04. The van der Waals surface area contributed by atoms with Gasteiger partial charge in [0.25, 0.3) is 0 Å². The number of hydrogen-bond donors (Lipinski definition) is 1. The molecule has 2 aromatic rings. The van der Waals surface area contributed by atoms with Gasteiger partial charge in [0, 0.05) is 26.1 Å². The summed E-state index contributed by atoms with van der Waals surface area (Å²) in [6.45, 7) is 1.91. The predicted octanol–water partition coefficient (Wildman–Crippen LogP) is 4.88. The normalized spacial score (nSPS) is 12.5. The maximum absolute atomic E-state index is 13.7. The number of rotatable bonds is 2. The molecule has 5 heteroatoms. The lowest BCUT2D eigenvalue weighted by atomic mass is 10.00. The highest BCUT2D eigenvalue weighted by atomic mass is 79.9. The molecule has 19 heavy (non-hydrogen) atoms. The Balaban J connectivity index is 2.49. The van der Waals surface area contributed by atoms with Gasteiger partial charge in [-0.25, -0.2) is 8.78 Å². The number of benzene rings is 2. The first-order chi connectivity index (χ1) is 8.90. The summed E-state index contributed by atoms with van der Waals surface area (Å²) in [6, 6.07) is 6.67. The SMILES string of the molecule is Cc1cc(Br)c(C(O)c2ccc(F)cc2F)cc1Br. The van der Waals surface area contributed by atoms with Crippen LogP contribution < -0.4 is 0 Å². The summed E-state index contributed by atoms with van der Waals surface area (Å²) in [7, 11) is 0. The third-order valence-electron chi connectivity index (χ3n) is 2.83. The quantitative estimate of drug-likeness (QED) is 0.773. The topological polar surface area (TPSA) is 20.2 Å². The van der Waals surface area contributed by atoms with Crippen molar-refractivity contribution >= 4 is 31.9 Å².